The number of hydrogen-bond acceptors (Lipinski definition) is 2. The summed E-state index contributed by atoms with van der Waals surface area (Å²) in [5.74, 6) is 1.62. The molecule has 1 aromatic rings. The predicted molar refractivity (Wildman–Crippen MR) is 85.3 cm³/mol. The molecule has 1 aliphatic rings. The maximum atomic E-state index is 6.45. The molecule has 2 rings (SSSR count). The lowest BCUT2D eigenvalue weighted by atomic mass is 9.77. The molecule has 4 heteroatoms. The van der Waals surface area contributed by atoms with Crippen LogP contribution >= 0.6 is 11.6 Å². The highest BCUT2D eigenvalue weighted by Crippen LogP contribution is 2.33. The Morgan fingerprint density at radius 3 is 2.80 bits per heavy atom. The molecule has 0 bridgehead atoms. The Kier molecular flexibility index (Phi) is 5.50. The van der Waals surface area contributed by atoms with Gasteiger partial charge in [-0.05, 0) is 45.6 Å². The van der Waals surface area contributed by atoms with Crippen LogP contribution in [0.1, 0.15) is 50.9 Å². The van der Waals surface area contributed by atoms with Crippen molar-refractivity contribution in [2.75, 3.05) is 7.05 Å². The van der Waals surface area contributed by atoms with Gasteiger partial charge >= 0.3 is 0 Å². The van der Waals surface area contributed by atoms with Crippen molar-refractivity contribution in [1.29, 1.82) is 0 Å². The molecule has 0 saturated heterocycles. The molecule has 1 aromatic heterocycles. The van der Waals surface area contributed by atoms with Crippen LogP contribution in [-0.4, -0.2) is 22.9 Å². The summed E-state index contributed by atoms with van der Waals surface area (Å²) in [5, 5.41) is 8.92. The molecule has 1 fully saturated rings. The van der Waals surface area contributed by atoms with Crippen molar-refractivity contribution < 1.29 is 0 Å². The van der Waals surface area contributed by atoms with Gasteiger partial charge in [0.2, 0.25) is 0 Å². The number of aryl methyl sites for hydroxylation is 2. The van der Waals surface area contributed by atoms with Crippen molar-refractivity contribution in [3.8, 4) is 0 Å². The third-order valence-corrected chi connectivity index (χ3v) is 5.27. The van der Waals surface area contributed by atoms with E-state index in [0.29, 0.717) is 6.04 Å². The van der Waals surface area contributed by atoms with Crippen LogP contribution in [0, 0.1) is 18.8 Å². The first kappa shape index (κ1) is 15.8. The molecule has 114 valence electrons. The summed E-state index contributed by atoms with van der Waals surface area (Å²) < 4.78 is 2.06. The monoisotopic (exact) mass is 297 g/mol. The summed E-state index contributed by atoms with van der Waals surface area (Å²) in [7, 11) is 2.08. The van der Waals surface area contributed by atoms with Gasteiger partial charge in [-0.3, -0.25) is 4.68 Å². The SMILES string of the molecule is CCn1nc(C)c(Cl)c1CC(NC)C1CCCC(C)C1. The number of aromatic nitrogens is 2. The molecule has 3 atom stereocenters. The van der Waals surface area contributed by atoms with Gasteiger partial charge in [0.1, 0.15) is 0 Å². The second-order valence-corrected chi connectivity index (χ2v) is 6.67. The van der Waals surface area contributed by atoms with Gasteiger partial charge in [0.15, 0.2) is 0 Å². The highest BCUT2D eigenvalue weighted by Gasteiger charge is 2.27. The second-order valence-electron chi connectivity index (χ2n) is 6.29. The number of halogens is 1. The van der Waals surface area contributed by atoms with E-state index in [4.69, 9.17) is 11.6 Å². The molecule has 0 aromatic carbocycles. The molecule has 1 aliphatic carbocycles. The quantitative estimate of drug-likeness (QED) is 0.895. The molecule has 1 heterocycles. The van der Waals surface area contributed by atoms with Crippen molar-refractivity contribution in [2.45, 2.75) is 65.5 Å². The Morgan fingerprint density at radius 1 is 1.45 bits per heavy atom. The summed E-state index contributed by atoms with van der Waals surface area (Å²) >= 11 is 6.45. The fraction of sp³-hybridized carbons (Fsp3) is 0.812. The van der Waals surface area contributed by atoms with Gasteiger partial charge in [0, 0.05) is 19.0 Å². The van der Waals surface area contributed by atoms with Crippen molar-refractivity contribution in [1.82, 2.24) is 15.1 Å². The Balaban J connectivity index is 2.13. The van der Waals surface area contributed by atoms with E-state index in [2.05, 4.69) is 36.0 Å². The van der Waals surface area contributed by atoms with Gasteiger partial charge in [-0.25, -0.2) is 0 Å². The van der Waals surface area contributed by atoms with E-state index in [0.717, 1.165) is 35.5 Å². The maximum absolute atomic E-state index is 6.45. The minimum absolute atomic E-state index is 0.511. The molecule has 0 spiro atoms. The maximum Gasteiger partial charge on any atom is 0.0847 e. The highest BCUT2D eigenvalue weighted by atomic mass is 35.5. The summed E-state index contributed by atoms with van der Waals surface area (Å²) in [6.07, 6.45) is 6.42. The van der Waals surface area contributed by atoms with E-state index < -0.39 is 0 Å². The number of likely N-dealkylation sites (N-methyl/N-ethyl adjacent to an activating group) is 1. The van der Waals surface area contributed by atoms with E-state index in [-0.39, 0.29) is 0 Å². The van der Waals surface area contributed by atoms with E-state index in [1.54, 1.807) is 0 Å². The molecule has 1 N–H and O–H groups in total. The van der Waals surface area contributed by atoms with Gasteiger partial charge in [0.25, 0.3) is 0 Å². The lowest BCUT2D eigenvalue weighted by Crippen LogP contribution is -2.38. The fourth-order valence-electron chi connectivity index (χ4n) is 3.62. The van der Waals surface area contributed by atoms with Gasteiger partial charge in [-0.2, -0.15) is 5.10 Å². The molecule has 3 nitrogen and oxygen atoms in total. The van der Waals surface area contributed by atoms with Crippen molar-refractivity contribution in [3.63, 3.8) is 0 Å². The number of hydrogen-bond donors (Lipinski definition) is 1. The van der Waals surface area contributed by atoms with E-state index >= 15 is 0 Å². The third-order valence-electron chi connectivity index (χ3n) is 4.78. The topological polar surface area (TPSA) is 29.9 Å². The van der Waals surface area contributed by atoms with Crippen LogP contribution in [0.5, 0.6) is 0 Å². The molecule has 0 amide bonds. The zero-order chi connectivity index (χ0) is 14.7. The Labute approximate surface area is 128 Å². The third kappa shape index (κ3) is 3.37. The predicted octanol–water partition coefficient (Wildman–Crippen LogP) is 3.82. The van der Waals surface area contributed by atoms with Crippen molar-refractivity contribution in [2.24, 2.45) is 11.8 Å². The molecule has 0 radical (unpaired) electrons. The molecule has 0 aliphatic heterocycles. The zero-order valence-electron chi connectivity index (χ0n) is 13.2. The van der Waals surface area contributed by atoms with Gasteiger partial charge in [-0.1, -0.05) is 31.4 Å². The van der Waals surface area contributed by atoms with E-state index in [1.165, 1.54) is 31.4 Å². The number of nitrogens with one attached hydrogen (secondary N) is 1. The average molecular weight is 298 g/mol. The van der Waals surface area contributed by atoms with Gasteiger partial charge in [-0.15, -0.1) is 0 Å². The summed E-state index contributed by atoms with van der Waals surface area (Å²) in [6.45, 7) is 7.39. The Morgan fingerprint density at radius 2 is 2.20 bits per heavy atom. The lowest BCUT2D eigenvalue weighted by Gasteiger charge is -2.33. The molecule has 1 saturated carbocycles. The summed E-state index contributed by atoms with van der Waals surface area (Å²) in [5.41, 5.74) is 2.15. The van der Waals surface area contributed by atoms with E-state index in [9.17, 15) is 0 Å². The van der Waals surface area contributed by atoms with Crippen LogP contribution in [0.3, 0.4) is 0 Å². The van der Waals surface area contributed by atoms with Crippen molar-refractivity contribution in [3.05, 3.63) is 16.4 Å². The minimum atomic E-state index is 0.511. The summed E-state index contributed by atoms with van der Waals surface area (Å²) in [6, 6.07) is 0.511. The first-order valence-electron chi connectivity index (χ1n) is 7.95. The van der Waals surface area contributed by atoms with Crippen LogP contribution in [0.15, 0.2) is 0 Å². The normalized spacial score (nSPS) is 24.9. The van der Waals surface area contributed by atoms with E-state index in [1.807, 2.05) is 6.92 Å². The smallest absolute Gasteiger partial charge is 0.0847 e. The highest BCUT2D eigenvalue weighted by molar-refractivity contribution is 6.31. The van der Waals surface area contributed by atoms with Gasteiger partial charge < -0.3 is 5.32 Å². The molecular formula is C16H28ClN3. The molecule has 20 heavy (non-hydrogen) atoms. The average Bonchev–Trinajstić information content (AvgIpc) is 2.71. The number of nitrogens with zero attached hydrogens (tertiary/aromatic N) is 2. The van der Waals surface area contributed by atoms with Crippen LogP contribution in [0.2, 0.25) is 5.02 Å². The largest absolute Gasteiger partial charge is 0.316 e. The Bertz CT molecular complexity index is 441. The van der Waals surface area contributed by atoms with Crippen LogP contribution in [-0.2, 0) is 13.0 Å². The minimum Gasteiger partial charge on any atom is -0.316 e. The second kappa shape index (κ2) is 6.95. The zero-order valence-corrected chi connectivity index (χ0v) is 14.0. The first-order chi connectivity index (χ1) is 9.56. The molecule has 3 unspecified atom stereocenters. The van der Waals surface area contributed by atoms with Gasteiger partial charge in [0.05, 0.1) is 16.4 Å². The standard InChI is InChI=1S/C16H28ClN3/c1-5-20-15(16(17)12(3)19-20)10-14(18-4)13-8-6-7-11(2)9-13/h11,13-14,18H,5-10H2,1-4H3. The Hall–Kier alpha value is -0.540. The van der Waals surface area contributed by atoms with Crippen LogP contribution in [0.25, 0.3) is 0 Å². The van der Waals surface area contributed by atoms with Crippen LogP contribution < -0.4 is 5.32 Å². The number of rotatable bonds is 5. The van der Waals surface area contributed by atoms with Crippen LogP contribution in [0.4, 0.5) is 0 Å². The summed E-state index contributed by atoms with van der Waals surface area (Å²) in [4.78, 5) is 0. The fourth-order valence-corrected chi connectivity index (χ4v) is 3.84. The first-order valence-corrected chi connectivity index (χ1v) is 8.33. The molecular weight excluding hydrogens is 270 g/mol. The lowest BCUT2D eigenvalue weighted by molar-refractivity contribution is 0.225. The van der Waals surface area contributed by atoms with Crippen molar-refractivity contribution >= 4 is 11.6 Å².